The minimum absolute atomic E-state index is 0.117. The lowest BCUT2D eigenvalue weighted by atomic mass is 9.92. The van der Waals surface area contributed by atoms with Gasteiger partial charge < -0.3 is 4.74 Å². The van der Waals surface area contributed by atoms with Crippen molar-refractivity contribution in [2.24, 2.45) is 0 Å². The van der Waals surface area contributed by atoms with Gasteiger partial charge in [0.2, 0.25) is 5.88 Å². The SMILES string of the molecule is COc1cc(C(C)(C)C)nc(C=O)n1. The van der Waals surface area contributed by atoms with E-state index in [9.17, 15) is 4.79 Å². The van der Waals surface area contributed by atoms with Crippen LogP contribution in [-0.2, 0) is 5.41 Å². The molecule has 4 heteroatoms. The minimum Gasteiger partial charge on any atom is -0.481 e. The summed E-state index contributed by atoms with van der Waals surface area (Å²) in [6, 6.07) is 1.74. The summed E-state index contributed by atoms with van der Waals surface area (Å²) in [6.07, 6.45) is 0.623. The molecule has 0 aliphatic carbocycles. The van der Waals surface area contributed by atoms with Crippen LogP contribution < -0.4 is 4.74 Å². The number of hydrogen-bond acceptors (Lipinski definition) is 4. The molecule has 4 nitrogen and oxygen atoms in total. The van der Waals surface area contributed by atoms with Gasteiger partial charge >= 0.3 is 0 Å². The molecule has 0 saturated carbocycles. The van der Waals surface area contributed by atoms with Crippen LogP contribution in [0.15, 0.2) is 6.07 Å². The Hall–Kier alpha value is -1.45. The molecule has 0 amide bonds. The molecule has 0 saturated heterocycles. The maximum Gasteiger partial charge on any atom is 0.216 e. The number of aromatic nitrogens is 2. The average Bonchev–Trinajstić information content (AvgIpc) is 2.15. The molecule has 0 aromatic carbocycles. The van der Waals surface area contributed by atoms with Crippen LogP contribution in [0.25, 0.3) is 0 Å². The van der Waals surface area contributed by atoms with Crippen LogP contribution in [0.1, 0.15) is 37.1 Å². The fourth-order valence-corrected chi connectivity index (χ4v) is 0.984. The number of aldehydes is 1. The van der Waals surface area contributed by atoms with E-state index < -0.39 is 0 Å². The van der Waals surface area contributed by atoms with Crippen molar-refractivity contribution in [3.8, 4) is 5.88 Å². The largest absolute Gasteiger partial charge is 0.481 e. The highest BCUT2D eigenvalue weighted by molar-refractivity contribution is 5.69. The highest BCUT2D eigenvalue weighted by Gasteiger charge is 2.17. The monoisotopic (exact) mass is 194 g/mol. The van der Waals surface area contributed by atoms with E-state index in [1.807, 2.05) is 20.8 Å². The molecule has 0 N–H and O–H groups in total. The van der Waals surface area contributed by atoms with Crippen LogP contribution in [0.4, 0.5) is 0 Å². The molecular formula is C10H14N2O2. The molecule has 14 heavy (non-hydrogen) atoms. The van der Waals surface area contributed by atoms with Crippen molar-refractivity contribution >= 4 is 6.29 Å². The van der Waals surface area contributed by atoms with E-state index in [4.69, 9.17) is 4.74 Å². The predicted molar refractivity (Wildman–Crippen MR) is 52.7 cm³/mol. The molecule has 1 rings (SSSR count). The lowest BCUT2D eigenvalue weighted by molar-refractivity contribution is 0.111. The van der Waals surface area contributed by atoms with Crippen molar-refractivity contribution < 1.29 is 9.53 Å². The molecule has 1 heterocycles. The Kier molecular flexibility index (Phi) is 2.84. The molecule has 1 aromatic heterocycles. The van der Waals surface area contributed by atoms with E-state index in [1.165, 1.54) is 7.11 Å². The Morgan fingerprint density at radius 1 is 1.36 bits per heavy atom. The van der Waals surface area contributed by atoms with Crippen molar-refractivity contribution in [3.05, 3.63) is 17.6 Å². The van der Waals surface area contributed by atoms with Crippen LogP contribution in [0.5, 0.6) is 5.88 Å². The summed E-state index contributed by atoms with van der Waals surface area (Å²) in [6.45, 7) is 6.05. The Balaban J connectivity index is 3.24. The van der Waals surface area contributed by atoms with Crippen molar-refractivity contribution in [1.82, 2.24) is 9.97 Å². The average molecular weight is 194 g/mol. The Bertz CT molecular complexity index is 342. The molecule has 76 valence electrons. The molecule has 0 unspecified atom stereocenters. The van der Waals surface area contributed by atoms with E-state index in [0.717, 1.165) is 5.69 Å². The van der Waals surface area contributed by atoms with Gasteiger partial charge in [0.25, 0.3) is 0 Å². The standard InChI is InChI=1S/C10H14N2O2/c1-10(2,3)7-5-9(14-4)12-8(6-13)11-7/h5-6H,1-4H3. The number of hydrogen-bond donors (Lipinski definition) is 0. The van der Waals surface area contributed by atoms with Gasteiger partial charge in [0.1, 0.15) is 0 Å². The van der Waals surface area contributed by atoms with Gasteiger partial charge in [-0.15, -0.1) is 0 Å². The second-order valence-electron chi connectivity index (χ2n) is 4.02. The van der Waals surface area contributed by atoms with E-state index in [0.29, 0.717) is 12.2 Å². The zero-order chi connectivity index (χ0) is 10.8. The Labute approximate surface area is 83.3 Å². The van der Waals surface area contributed by atoms with Gasteiger partial charge in [0.15, 0.2) is 12.1 Å². The van der Waals surface area contributed by atoms with Crippen molar-refractivity contribution in [2.75, 3.05) is 7.11 Å². The molecule has 0 aliphatic heterocycles. The molecule has 0 spiro atoms. The molecule has 0 aliphatic rings. The first kappa shape index (κ1) is 10.6. The molecular weight excluding hydrogens is 180 g/mol. The summed E-state index contributed by atoms with van der Waals surface area (Å²) < 4.78 is 4.98. The number of ether oxygens (including phenoxy) is 1. The smallest absolute Gasteiger partial charge is 0.216 e. The fourth-order valence-electron chi connectivity index (χ4n) is 0.984. The Morgan fingerprint density at radius 3 is 2.43 bits per heavy atom. The summed E-state index contributed by atoms with van der Waals surface area (Å²) in [5.41, 5.74) is 0.681. The zero-order valence-corrected chi connectivity index (χ0v) is 8.87. The van der Waals surface area contributed by atoms with Gasteiger partial charge in [-0.25, -0.2) is 4.98 Å². The predicted octanol–water partition coefficient (Wildman–Crippen LogP) is 1.60. The van der Waals surface area contributed by atoms with Gasteiger partial charge in [-0.05, 0) is 0 Å². The van der Waals surface area contributed by atoms with Crippen LogP contribution in [-0.4, -0.2) is 23.4 Å². The van der Waals surface area contributed by atoms with E-state index in [1.54, 1.807) is 6.07 Å². The third-order valence-corrected chi connectivity index (χ3v) is 1.80. The second kappa shape index (κ2) is 3.74. The lowest BCUT2D eigenvalue weighted by Gasteiger charge is -2.17. The van der Waals surface area contributed by atoms with Crippen LogP contribution in [0.3, 0.4) is 0 Å². The summed E-state index contributed by atoms with van der Waals surface area (Å²) in [5.74, 6) is 0.585. The zero-order valence-electron chi connectivity index (χ0n) is 8.87. The van der Waals surface area contributed by atoms with Crippen LogP contribution in [0, 0.1) is 0 Å². The number of rotatable bonds is 2. The first-order chi connectivity index (χ1) is 6.47. The van der Waals surface area contributed by atoms with E-state index in [2.05, 4.69) is 9.97 Å². The minimum atomic E-state index is -0.117. The first-order valence-corrected chi connectivity index (χ1v) is 4.36. The van der Waals surface area contributed by atoms with E-state index >= 15 is 0 Å². The third-order valence-electron chi connectivity index (χ3n) is 1.80. The van der Waals surface area contributed by atoms with Crippen molar-refractivity contribution in [1.29, 1.82) is 0 Å². The third kappa shape index (κ3) is 2.28. The highest BCUT2D eigenvalue weighted by Crippen LogP contribution is 2.22. The molecule has 1 aromatic rings. The number of carbonyl (C=O) groups is 1. The van der Waals surface area contributed by atoms with Gasteiger partial charge in [-0.2, -0.15) is 4.98 Å². The summed E-state index contributed by atoms with van der Waals surface area (Å²) in [4.78, 5) is 18.6. The van der Waals surface area contributed by atoms with Gasteiger partial charge in [-0.1, -0.05) is 20.8 Å². The molecule has 0 bridgehead atoms. The Morgan fingerprint density at radius 2 is 2.00 bits per heavy atom. The maximum absolute atomic E-state index is 10.6. The second-order valence-corrected chi connectivity index (χ2v) is 4.02. The quantitative estimate of drug-likeness (QED) is 0.671. The number of nitrogens with zero attached hydrogens (tertiary/aromatic N) is 2. The normalized spacial score (nSPS) is 11.1. The van der Waals surface area contributed by atoms with Crippen molar-refractivity contribution in [3.63, 3.8) is 0 Å². The van der Waals surface area contributed by atoms with E-state index in [-0.39, 0.29) is 11.2 Å². The van der Waals surface area contributed by atoms with Gasteiger partial charge in [-0.3, -0.25) is 4.79 Å². The summed E-state index contributed by atoms with van der Waals surface area (Å²) >= 11 is 0. The molecule has 0 fully saturated rings. The lowest BCUT2D eigenvalue weighted by Crippen LogP contribution is -2.15. The highest BCUT2D eigenvalue weighted by atomic mass is 16.5. The van der Waals surface area contributed by atoms with Gasteiger partial charge in [0.05, 0.1) is 12.8 Å². The number of carbonyl (C=O) groups excluding carboxylic acids is 1. The molecule has 0 atom stereocenters. The van der Waals surface area contributed by atoms with Gasteiger partial charge in [0, 0.05) is 11.5 Å². The van der Waals surface area contributed by atoms with Crippen molar-refractivity contribution in [2.45, 2.75) is 26.2 Å². The maximum atomic E-state index is 10.6. The number of methoxy groups -OCH3 is 1. The summed E-state index contributed by atoms with van der Waals surface area (Å²) in [5, 5.41) is 0. The van der Waals surface area contributed by atoms with Crippen LogP contribution in [0.2, 0.25) is 0 Å². The molecule has 0 radical (unpaired) electrons. The topological polar surface area (TPSA) is 52.1 Å². The fraction of sp³-hybridized carbons (Fsp3) is 0.500. The van der Waals surface area contributed by atoms with Crippen LogP contribution >= 0.6 is 0 Å². The first-order valence-electron chi connectivity index (χ1n) is 4.36. The summed E-state index contributed by atoms with van der Waals surface area (Å²) in [7, 11) is 1.52.